The van der Waals surface area contributed by atoms with E-state index in [-0.39, 0.29) is 29.3 Å². The molecule has 45 heavy (non-hydrogen) atoms. The monoisotopic (exact) mass is 607 g/mol. The maximum Gasteiger partial charge on any atom is 0.359 e. The molecule has 0 atom stereocenters. The largest absolute Gasteiger partial charge is 0.490 e. The molecule has 1 aliphatic rings. The zero-order valence-corrected chi connectivity index (χ0v) is 25.6. The number of esters is 1. The normalized spacial score (nSPS) is 12.4. The van der Waals surface area contributed by atoms with E-state index in [2.05, 4.69) is 19.6 Å². The van der Waals surface area contributed by atoms with Gasteiger partial charge in [0.05, 0.1) is 23.6 Å². The van der Waals surface area contributed by atoms with Crippen molar-refractivity contribution in [2.45, 2.75) is 46.1 Å². The molecule has 0 radical (unpaired) electrons. The van der Waals surface area contributed by atoms with Crippen LogP contribution in [0.1, 0.15) is 74.7 Å². The summed E-state index contributed by atoms with van der Waals surface area (Å²) >= 11 is 0. The second kappa shape index (κ2) is 14.1. The number of carbonyl (C=O) groups excluding carboxylic acids is 2. The Balaban J connectivity index is 1.69. The van der Waals surface area contributed by atoms with Crippen LogP contribution in [0.4, 0.5) is 0 Å². The summed E-state index contributed by atoms with van der Waals surface area (Å²) in [4.78, 5) is 41.6. The van der Waals surface area contributed by atoms with Gasteiger partial charge in [-0.15, -0.1) is 0 Å². The van der Waals surface area contributed by atoms with Crippen LogP contribution in [-0.4, -0.2) is 57.4 Å². The van der Waals surface area contributed by atoms with Crippen LogP contribution in [0, 0.1) is 0 Å². The summed E-state index contributed by atoms with van der Waals surface area (Å²) in [5, 5.41) is 14.6. The number of aromatic nitrogens is 2. The maximum absolute atomic E-state index is 14.3. The summed E-state index contributed by atoms with van der Waals surface area (Å²) in [6.07, 6.45) is 4.58. The van der Waals surface area contributed by atoms with Gasteiger partial charge in [0.15, 0.2) is 5.69 Å². The fraction of sp³-hybridized carbons (Fsp3) is 0.278. The van der Waals surface area contributed by atoms with Gasteiger partial charge in [-0.2, -0.15) is 5.10 Å². The van der Waals surface area contributed by atoms with E-state index in [4.69, 9.17) is 14.6 Å². The standard InChI is InChI=1S/C36H37N3O6/c1-4-7-12-31-32(33(36(43)44-6-3)37-39(31)27-14-16-28(17-15-27)45-21-5-2)29-18-13-25(35(41)42)22-30(29)34(40)38-20-19-24-10-8-9-11-26(24)23-38/h5,8-11,13-18,22H,2,4,6-7,12,19-21,23H2,1,3H3,(H,41,42). The quantitative estimate of drug-likeness (QED) is 0.144. The molecule has 0 aliphatic carbocycles. The van der Waals surface area contributed by atoms with Crippen molar-refractivity contribution in [2.24, 2.45) is 0 Å². The van der Waals surface area contributed by atoms with Gasteiger partial charge in [-0.05, 0) is 79.3 Å². The summed E-state index contributed by atoms with van der Waals surface area (Å²) in [5.74, 6) is -1.42. The Morgan fingerprint density at radius 1 is 1.02 bits per heavy atom. The highest BCUT2D eigenvalue weighted by atomic mass is 16.5. The zero-order chi connectivity index (χ0) is 31.9. The first-order valence-corrected chi connectivity index (χ1v) is 15.2. The molecule has 0 saturated heterocycles. The Morgan fingerprint density at radius 3 is 2.47 bits per heavy atom. The van der Waals surface area contributed by atoms with Crippen molar-refractivity contribution in [1.29, 1.82) is 0 Å². The van der Waals surface area contributed by atoms with Gasteiger partial charge in [-0.3, -0.25) is 4.79 Å². The molecule has 5 rings (SSSR count). The average Bonchev–Trinajstić information content (AvgIpc) is 3.45. The van der Waals surface area contributed by atoms with Crippen LogP contribution in [0.2, 0.25) is 0 Å². The minimum atomic E-state index is -1.15. The van der Waals surface area contributed by atoms with E-state index >= 15 is 0 Å². The van der Waals surface area contributed by atoms with Gasteiger partial charge in [0, 0.05) is 24.2 Å². The number of amides is 1. The molecule has 9 heteroatoms. The highest BCUT2D eigenvalue weighted by molar-refractivity contribution is 6.06. The Morgan fingerprint density at radius 2 is 1.78 bits per heavy atom. The Bertz CT molecular complexity index is 1720. The Kier molecular flexibility index (Phi) is 9.77. The third-order valence-corrected chi connectivity index (χ3v) is 7.85. The third-order valence-electron chi connectivity index (χ3n) is 7.85. The first kappa shape index (κ1) is 31.3. The third kappa shape index (κ3) is 6.67. The van der Waals surface area contributed by atoms with E-state index in [9.17, 15) is 19.5 Å². The number of unbranched alkanes of at least 4 members (excludes halogenated alkanes) is 1. The van der Waals surface area contributed by atoms with Gasteiger partial charge in [0.1, 0.15) is 12.4 Å². The lowest BCUT2D eigenvalue weighted by atomic mass is 9.92. The molecule has 232 valence electrons. The SMILES string of the molecule is C=CCOc1ccc(-n2nc(C(=O)OCC)c(-c3ccc(C(=O)O)cc3C(=O)N3CCc4ccccc4C3)c2CCCC)cc1. The minimum Gasteiger partial charge on any atom is -0.490 e. The molecule has 1 aliphatic heterocycles. The lowest BCUT2D eigenvalue weighted by Gasteiger charge is -2.29. The summed E-state index contributed by atoms with van der Waals surface area (Å²) in [5.41, 5.74) is 4.82. The Labute approximate surface area is 262 Å². The molecule has 9 nitrogen and oxygen atoms in total. The number of rotatable bonds is 12. The van der Waals surface area contributed by atoms with Gasteiger partial charge in [-0.1, -0.05) is 56.3 Å². The van der Waals surface area contributed by atoms with Crippen LogP contribution in [0.3, 0.4) is 0 Å². The first-order valence-electron chi connectivity index (χ1n) is 15.2. The number of hydrogen-bond acceptors (Lipinski definition) is 6. The lowest BCUT2D eigenvalue weighted by Crippen LogP contribution is -2.36. The molecule has 0 unspecified atom stereocenters. The summed E-state index contributed by atoms with van der Waals surface area (Å²) < 4.78 is 12.8. The fourth-order valence-electron chi connectivity index (χ4n) is 5.62. The number of benzene rings is 3. The summed E-state index contributed by atoms with van der Waals surface area (Å²) in [6, 6.07) is 19.8. The van der Waals surface area contributed by atoms with Crippen LogP contribution < -0.4 is 4.74 Å². The van der Waals surface area contributed by atoms with E-state index in [0.717, 1.165) is 24.1 Å². The molecule has 4 aromatic rings. The van der Waals surface area contributed by atoms with Crippen LogP contribution in [0.15, 0.2) is 79.4 Å². The van der Waals surface area contributed by atoms with E-state index < -0.39 is 11.9 Å². The summed E-state index contributed by atoms with van der Waals surface area (Å²) in [6.45, 7) is 8.87. The van der Waals surface area contributed by atoms with Crippen LogP contribution in [0.5, 0.6) is 5.75 Å². The number of aromatic carboxylic acids is 1. The van der Waals surface area contributed by atoms with Gasteiger partial charge in [-0.25, -0.2) is 14.3 Å². The molecule has 1 N–H and O–H groups in total. The van der Waals surface area contributed by atoms with Crippen molar-refractivity contribution in [3.8, 4) is 22.6 Å². The predicted molar refractivity (Wildman–Crippen MR) is 171 cm³/mol. The van der Waals surface area contributed by atoms with Crippen molar-refractivity contribution in [1.82, 2.24) is 14.7 Å². The Hall–Kier alpha value is -5.18. The molecule has 0 bridgehead atoms. The molecule has 2 heterocycles. The number of fused-ring (bicyclic) bond motifs is 1. The number of nitrogens with zero attached hydrogens (tertiary/aromatic N) is 3. The number of hydrogen-bond donors (Lipinski definition) is 1. The molecular weight excluding hydrogens is 570 g/mol. The van der Waals surface area contributed by atoms with Crippen molar-refractivity contribution < 1.29 is 29.0 Å². The molecule has 0 fully saturated rings. The smallest absolute Gasteiger partial charge is 0.359 e. The molecule has 1 aromatic heterocycles. The average molecular weight is 608 g/mol. The predicted octanol–water partition coefficient (Wildman–Crippen LogP) is 6.52. The topological polar surface area (TPSA) is 111 Å². The number of carbonyl (C=O) groups is 3. The summed E-state index contributed by atoms with van der Waals surface area (Å²) in [7, 11) is 0. The van der Waals surface area contributed by atoms with Crippen molar-refractivity contribution in [3.05, 3.63) is 113 Å². The van der Waals surface area contributed by atoms with Gasteiger partial charge in [0.25, 0.3) is 5.91 Å². The highest BCUT2D eigenvalue weighted by Crippen LogP contribution is 2.36. The van der Waals surface area contributed by atoms with E-state index in [1.165, 1.54) is 17.7 Å². The molecule has 0 saturated carbocycles. The van der Waals surface area contributed by atoms with E-state index in [0.29, 0.717) is 55.1 Å². The lowest BCUT2D eigenvalue weighted by molar-refractivity contribution is 0.0518. The van der Waals surface area contributed by atoms with Crippen molar-refractivity contribution >= 4 is 17.8 Å². The van der Waals surface area contributed by atoms with E-state index in [1.54, 1.807) is 28.6 Å². The van der Waals surface area contributed by atoms with Crippen molar-refractivity contribution in [3.63, 3.8) is 0 Å². The van der Waals surface area contributed by atoms with Crippen molar-refractivity contribution in [2.75, 3.05) is 19.8 Å². The van der Waals surface area contributed by atoms with Gasteiger partial charge < -0.3 is 19.5 Å². The number of carboxylic acid groups (broad SMARTS) is 1. The molecule has 3 aromatic carbocycles. The van der Waals surface area contributed by atoms with Crippen LogP contribution in [-0.2, 0) is 24.1 Å². The second-order valence-electron chi connectivity index (χ2n) is 10.8. The fourth-order valence-corrected chi connectivity index (χ4v) is 5.62. The maximum atomic E-state index is 14.3. The minimum absolute atomic E-state index is 0.0187. The van der Waals surface area contributed by atoms with Gasteiger partial charge in [0.2, 0.25) is 0 Å². The zero-order valence-electron chi connectivity index (χ0n) is 25.6. The second-order valence-corrected chi connectivity index (χ2v) is 10.8. The van der Waals surface area contributed by atoms with Gasteiger partial charge >= 0.3 is 11.9 Å². The van der Waals surface area contributed by atoms with E-state index in [1.807, 2.05) is 42.5 Å². The molecule has 1 amide bonds. The molecular formula is C36H37N3O6. The number of ether oxygens (including phenoxy) is 2. The number of carboxylic acids is 1. The first-order chi connectivity index (χ1) is 21.9. The van der Waals surface area contributed by atoms with Crippen LogP contribution >= 0.6 is 0 Å². The van der Waals surface area contributed by atoms with Crippen LogP contribution in [0.25, 0.3) is 16.8 Å². The highest BCUT2D eigenvalue weighted by Gasteiger charge is 2.31. The molecule has 0 spiro atoms.